The lowest BCUT2D eigenvalue weighted by Crippen LogP contribution is -2.65. The van der Waals surface area contributed by atoms with Crippen molar-refractivity contribution in [2.75, 3.05) is 31.1 Å². The molecule has 3 rings (SSSR count). The van der Waals surface area contributed by atoms with E-state index in [0.717, 1.165) is 0 Å². The minimum atomic E-state index is -0.550. The van der Waals surface area contributed by atoms with Crippen molar-refractivity contribution in [3.05, 3.63) is 5.82 Å². The Hall–Kier alpha value is -2.65. The Bertz CT molecular complexity index is 684. The first kappa shape index (κ1) is 16.2. The third-order valence-electron chi connectivity index (χ3n) is 4.19. The third kappa shape index (κ3) is 2.79. The molecule has 0 bridgehead atoms. The first-order valence-corrected chi connectivity index (χ1v) is 7.92. The van der Waals surface area contributed by atoms with Crippen LogP contribution in [0.4, 0.5) is 5.95 Å². The Morgan fingerprint density at radius 1 is 1.29 bits per heavy atom. The fourth-order valence-corrected chi connectivity index (χ4v) is 3.02. The fourth-order valence-electron chi connectivity index (χ4n) is 3.02. The summed E-state index contributed by atoms with van der Waals surface area (Å²) in [5.41, 5.74) is 0. The molecule has 0 spiro atoms. The van der Waals surface area contributed by atoms with Crippen LogP contribution in [0.2, 0.25) is 0 Å². The second kappa shape index (κ2) is 6.10. The van der Waals surface area contributed by atoms with Gasteiger partial charge in [0.2, 0.25) is 11.8 Å². The van der Waals surface area contributed by atoms with Crippen LogP contribution in [0.5, 0.6) is 0 Å². The maximum absolute atomic E-state index is 12.1. The highest BCUT2D eigenvalue weighted by atomic mass is 16.2. The van der Waals surface area contributed by atoms with Gasteiger partial charge in [0.05, 0.1) is 6.04 Å². The largest absolute Gasteiger partial charge is 0.347 e. The predicted octanol–water partition coefficient (Wildman–Crippen LogP) is -1.90. The SMILES string of the molecule is CC(C)NC(=O)c1nnc(N2CCN3C(=O)C(=O)NCC3C2)n1C. The number of nitrogens with one attached hydrogen (secondary N) is 2. The summed E-state index contributed by atoms with van der Waals surface area (Å²) in [6.07, 6.45) is 0. The number of hydrogen-bond acceptors (Lipinski definition) is 6. The Morgan fingerprint density at radius 2 is 2.04 bits per heavy atom. The van der Waals surface area contributed by atoms with E-state index < -0.39 is 11.8 Å². The van der Waals surface area contributed by atoms with Gasteiger partial charge in [0.15, 0.2) is 0 Å². The van der Waals surface area contributed by atoms with Crippen LogP contribution in [0, 0.1) is 0 Å². The Labute approximate surface area is 139 Å². The number of amides is 3. The van der Waals surface area contributed by atoms with E-state index in [0.29, 0.717) is 32.1 Å². The number of rotatable bonds is 3. The zero-order chi connectivity index (χ0) is 17.4. The lowest BCUT2D eigenvalue weighted by Gasteiger charge is -2.43. The zero-order valence-corrected chi connectivity index (χ0v) is 13.9. The molecule has 0 aliphatic carbocycles. The summed E-state index contributed by atoms with van der Waals surface area (Å²) in [7, 11) is 1.74. The lowest BCUT2D eigenvalue weighted by molar-refractivity contribution is -0.150. The molecule has 2 saturated heterocycles. The average Bonchev–Trinajstić information content (AvgIpc) is 2.92. The maximum Gasteiger partial charge on any atom is 0.312 e. The second-order valence-electron chi connectivity index (χ2n) is 6.32. The van der Waals surface area contributed by atoms with Gasteiger partial charge in [-0.1, -0.05) is 0 Å². The van der Waals surface area contributed by atoms with Crippen LogP contribution in [0.15, 0.2) is 0 Å². The number of nitrogens with zero attached hydrogens (tertiary/aromatic N) is 5. The van der Waals surface area contributed by atoms with Crippen LogP contribution >= 0.6 is 0 Å². The second-order valence-corrected chi connectivity index (χ2v) is 6.32. The van der Waals surface area contributed by atoms with Gasteiger partial charge in [0.1, 0.15) is 0 Å². The van der Waals surface area contributed by atoms with Gasteiger partial charge in [-0.15, -0.1) is 10.2 Å². The molecule has 0 aromatic carbocycles. The standard InChI is InChI=1S/C14H21N7O3/c1-8(2)16-11(22)10-17-18-14(19(10)3)20-4-5-21-9(7-20)6-15-12(23)13(21)24/h8-9H,4-7H2,1-3H3,(H,15,23)(H,16,22). The predicted molar refractivity (Wildman–Crippen MR) is 84.3 cm³/mol. The molecule has 1 atom stereocenters. The van der Waals surface area contributed by atoms with Gasteiger partial charge in [-0.05, 0) is 13.8 Å². The van der Waals surface area contributed by atoms with E-state index in [9.17, 15) is 14.4 Å². The summed E-state index contributed by atoms with van der Waals surface area (Å²) in [5.74, 6) is -0.487. The van der Waals surface area contributed by atoms with Crippen LogP contribution in [0.25, 0.3) is 0 Å². The van der Waals surface area contributed by atoms with Crippen LogP contribution in [0.1, 0.15) is 24.5 Å². The molecule has 24 heavy (non-hydrogen) atoms. The van der Waals surface area contributed by atoms with E-state index in [2.05, 4.69) is 20.8 Å². The molecular weight excluding hydrogens is 314 g/mol. The molecule has 2 aliphatic heterocycles. The number of carbonyl (C=O) groups is 3. The number of anilines is 1. The van der Waals surface area contributed by atoms with E-state index in [4.69, 9.17) is 0 Å². The summed E-state index contributed by atoms with van der Waals surface area (Å²) in [6, 6.07) is -0.0911. The molecule has 1 unspecified atom stereocenters. The number of carbonyl (C=O) groups excluding carboxylic acids is 3. The molecular formula is C14H21N7O3. The Morgan fingerprint density at radius 3 is 2.75 bits per heavy atom. The minimum absolute atomic E-state index is 0.0121. The summed E-state index contributed by atoms with van der Waals surface area (Å²) in [6.45, 7) is 5.68. The highest BCUT2D eigenvalue weighted by Crippen LogP contribution is 2.19. The van der Waals surface area contributed by atoms with Crippen LogP contribution in [-0.4, -0.2) is 75.6 Å². The molecule has 1 aromatic rings. The number of aromatic nitrogens is 3. The summed E-state index contributed by atoms with van der Waals surface area (Å²) in [4.78, 5) is 39.0. The van der Waals surface area contributed by atoms with Gasteiger partial charge < -0.3 is 20.4 Å². The molecule has 130 valence electrons. The number of fused-ring (bicyclic) bond motifs is 1. The van der Waals surface area contributed by atoms with Crippen molar-refractivity contribution in [2.45, 2.75) is 25.9 Å². The van der Waals surface area contributed by atoms with Crippen LogP contribution in [0.3, 0.4) is 0 Å². The van der Waals surface area contributed by atoms with Crippen molar-refractivity contribution < 1.29 is 14.4 Å². The van der Waals surface area contributed by atoms with Gasteiger partial charge in [-0.3, -0.25) is 19.0 Å². The minimum Gasteiger partial charge on any atom is -0.347 e. The van der Waals surface area contributed by atoms with Crippen molar-refractivity contribution in [3.8, 4) is 0 Å². The van der Waals surface area contributed by atoms with E-state index in [1.807, 2.05) is 18.7 Å². The first-order chi connectivity index (χ1) is 11.4. The van der Waals surface area contributed by atoms with Gasteiger partial charge in [-0.25, -0.2) is 0 Å². The molecule has 10 nitrogen and oxygen atoms in total. The van der Waals surface area contributed by atoms with E-state index >= 15 is 0 Å². The lowest BCUT2D eigenvalue weighted by atomic mass is 10.1. The summed E-state index contributed by atoms with van der Waals surface area (Å²) in [5, 5.41) is 13.5. The average molecular weight is 335 g/mol. The highest BCUT2D eigenvalue weighted by Gasteiger charge is 2.38. The monoisotopic (exact) mass is 335 g/mol. The molecule has 2 aliphatic rings. The molecule has 1 aromatic heterocycles. The topological polar surface area (TPSA) is 112 Å². The fraction of sp³-hybridized carbons (Fsp3) is 0.643. The quantitative estimate of drug-likeness (QED) is 0.624. The van der Waals surface area contributed by atoms with E-state index in [-0.39, 0.29) is 23.8 Å². The molecule has 2 N–H and O–H groups in total. The molecule has 10 heteroatoms. The van der Waals surface area contributed by atoms with Crippen molar-refractivity contribution >= 4 is 23.7 Å². The van der Waals surface area contributed by atoms with E-state index in [1.165, 1.54) is 0 Å². The van der Waals surface area contributed by atoms with Crippen LogP contribution in [-0.2, 0) is 16.6 Å². The third-order valence-corrected chi connectivity index (χ3v) is 4.19. The van der Waals surface area contributed by atoms with Crippen molar-refractivity contribution in [1.82, 2.24) is 30.3 Å². The highest BCUT2D eigenvalue weighted by molar-refractivity contribution is 6.35. The molecule has 0 saturated carbocycles. The summed E-state index contributed by atoms with van der Waals surface area (Å²) >= 11 is 0. The Kier molecular flexibility index (Phi) is 4.12. The van der Waals surface area contributed by atoms with E-state index in [1.54, 1.807) is 16.5 Å². The van der Waals surface area contributed by atoms with Gasteiger partial charge >= 0.3 is 11.8 Å². The normalized spacial score (nSPS) is 20.9. The van der Waals surface area contributed by atoms with Gasteiger partial charge in [0, 0.05) is 39.3 Å². The number of hydrogen-bond donors (Lipinski definition) is 2. The molecule has 2 fully saturated rings. The van der Waals surface area contributed by atoms with Gasteiger partial charge in [-0.2, -0.15) is 0 Å². The van der Waals surface area contributed by atoms with Crippen molar-refractivity contribution in [2.24, 2.45) is 7.05 Å². The molecule has 3 amide bonds. The first-order valence-electron chi connectivity index (χ1n) is 7.92. The van der Waals surface area contributed by atoms with Crippen molar-refractivity contribution in [1.29, 1.82) is 0 Å². The number of piperazine rings is 2. The van der Waals surface area contributed by atoms with Crippen LogP contribution < -0.4 is 15.5 Å². The molecule has 3 heterocycles. The molecule has 0 radical (unpaired) electrons. The smallest absolute Gasteiger partial charge is 0.312 e. The summed E-state index contributed by atoms with van der Waals surface area (Å²) < 4.78 is 1.65. The zero-order valence-electron chi connectivity index (χ0n) is 13.9. The Balaban J connectivity index is 1.75. The van der Waals surface area contributed by atoms with Crippen molar-refractivity contribution in [3.63, 3.8) is 0 Å². The van der Waals surface area contributed by atoms with Gasteiger partial charge in [0.25, 0.3) is 5.91 Å². The maximum atomic E-state index is 12.1.